The van der Waals surface area contributed by atoms with Crippen molar-refractivity contribution in [2.24, 2.45) is 0 Å². The summed E-state index contributed by atoms with van der Waals surface area (Å²) < 4.78 is 0. The quantitative estimate of drug-likeness (QED) is 0.693. The Morgan fingerprint density at radius 2 is 1.48 bits per heavy atom. The minimum Gasteiger partial charge on any atom is -0.395 e. The number of carbonyl (C=O) groups is 3. The number of aliphatic hydroxyl groups excluding tert-OH is 1. The summed E-state index contributed by atoms with van der Waals surface area (Å²) >= 11 is 0. The van der Waals surface area contributed by atoms with Crippen LogP contribution in [0.5, 0.6) is 0 Å². The van der Waals surface area contributed by atoms with Crippen LogP contribution in [0.4, 0.5) is 5.69 Å². The second kappa shape index (κ2) is 10.2. The molecule has 2 aromatic carbocycles. The Bertz CT molecular complexity index is 810. The number of para-hydroxylation sites is 1. The van der Waals surface area contributed by atoms with Crippen molar-refractivity contribution in [1.82, 2.24) is 0 Å². The molecule has 0 saturated heterocycles. The highest BCUT2D eigenvalue weighted by Gasteiger charge is 2.15. The molecule has 1 amide bonds. The first-order valence-corrected chi connectivity index (χ1v) is 8.75. The molecule has 0 bridgehead atoms. The lowest BCUT2D eigenvalue weighted by Gasteiger charge is -2.22. The summed E-state index contributed by atoms with van der Waals surface area (Å²) in [5.74, 6) is -0.418. The van der Waals surface area contributed by atoms with Crippen LogP contribution in [0.1, 0.15) is 18.1 Å². The molecule has 0 atom stereocenters. The second-order valence-electron chi connectivity index (χ2n) is 6.18. The highest BCUT2D eigenvalue weighted by Crippen LogP contribution is 2.15. The number of hydrogen-bond acceptors (Lipinski definition) is 4. The van der Waals surface area contributed by atoms with Crippen molar-refractivity contribution < 1.29 is 19.5 Å². The van der Waals surface area contributed by atoms with Crippen LogP contribution in [-0.2, 0) is 27.2 Å². The summed E-state index contributed by atoms with van der Waals surface area (Å²) in [7, 11) is 0. The molecule has 0 saturated carbocycles. The Balaban J connectivity index is 2.01. The van der Waals surface area contributed by atoms with E-state index >= 15 is 0 Å². The molecule has 0 aromatic heterocycles. The van der Waals surface area contributed by atoms with Crippen LogP contribution in [0.15, 0.2) is 66.7 Å². The fourth-order valence-electron chi connectivity index (χ4n) is 2.62. The number of aliphatic hydroxyl groups is 1. The smallest absolute Gasteiger partial charge is 0.231 e. The number of allylic oxidation sites excluding steroid dienone is 2. The van der Waals surface area contributed by atoms with Crippen molar-refractivity contribution in [3.8, 4) is 0 Å². The average Bonchev–Trinajstić information content (AvgIpc) is 2.66. The Labute approximate surface area is 158 Å². The first-order chi connectivity index (χ1) is 13.0. The minimum absolute atomic E-state index is 0.108. The molecular formula is C22H23NO4. The van der Waals surface area contributed by atoms with E-state index in [-0.39, 0.29) is 43.5 Å². The monoisotopic (exact) mass is 365 g/mol. The molecule has 0 unspecified atom stereocenters. The maximum atomic E-state index is 12.6. The topological polar surface area (TPSA) is 74.7 Å². The van der Waals surface area contributed by atoms with Gasteiger partial charge in [0.15, 0.2) is 11.6 Å². The zero-order valence-electron chi connectivity index (χ0n) is 15.3. The van der Waals surface area contributed by atoms with Gasteiger partial charge >= 0.3 is 0 Å². The molecule has 0 heterocycles. The van der Waals surface area contributed by atoms with Crippen LogP contribution in [0.3, 0.4) is 0 Å². The SMILES string of the molecule is CC(=O)/C=C/C(=O)Cc1ccc(CC(=O)N(CCO)c2ccccc2)cc1. The molecule has 5 heteroatoms. The van der Waals surface area contributed by atoms with Crippen molar-refractivity contribution >= 4 is 23.2 Å². The van der Waals surface area contributed by atoms with Gasteiger partial charge in [-0.05, 0) is 42.3 Å². The third-order valence-corrected chi connectivity index (χ3v) is 3.95. The standard InChI is InChI=1S/C22H23NO4/c1-17(25)7-12-21(26)15-18-8-10-19(11-9-18)16-22(27)23(13-14-24)20-5-3-2-4-6-20/h2-12,24H,13-16H2,1H3/b12-7+. The minimum atomic E-state index is -0.164. The van der Waals surface area contributed by atoms with E-state index in [2.05, 4.69) is 0 Å². The van der Waals surface area contributed by atoms with Crippen LogP contribution in [0.25, 0.3) is 0 Å². The van der Waals surface area contributed by atoms with Gasteiger partial charge in [0.05, 0.1) is 13.0 Å². The molecule has 27 heavy (non-hydrogen) atoms. The van der Waals surface area contributed by atoms with Gasteiger partial charge in [0.2, 0.25) is 5.91 Å². The summed E-state index contributed by atoms with van der Waals surface area (Å²) in [4.78, 5) is 36.8. The van der Waals surface area contributed by atoms with Gasteiger partial charge < -0.3 is 10.0 Å². The molecule has 0 spiro atoms. The number of anilines is 1. The normalized spacial score (nSPS) is 10.7. The van der Waals surface area contributed by atoms with Gasteiger partial charge in [-0.15, -0.1) is 0 Å². The molecule has 0 radical (unpaired) electrons. The predicted octanol–water partition coefficient (Wildman–Crippen LogP) is 2.51. The molecule has 2 aromatic rings. The van der Waals surface area contributed by atoms with Crippen LogP contribution >= 0.6 is 0 Å². The van der Waals surface area contributed by atoms with E-state index in [1.54, 1.807) is 17.0 Å². The summed E-state index contributed by atoms with van der Waals surface area (Å²) in [5.41, 5.74) is 2.39. The number of ketones is 2. The number of rotatable bonds is 9. The summed E-state index contributed by atoms with van der Waals surface area (Å²) in [6, 6.07) is 16.5. The van der Waals surface area contributed by atoms with Gasteiger partial charge in [-0.3, -0.25) is 14.4 Å². The number of nitrogens with zero attached hydrogens (tertiary/aromatic N) is 1. The van der Waals surface area contributed by atoms with Gasteiger partial charge in [0.1, 0.15) is 0 Å². The van der Waals surface area contributed by atoms with Crippen molar-refractivity contribution in [2.45, 2.75) is 19.8 Å². The summed E-state index contributed by atoms with van der Waals surface area (Å²) in [6.45, 7) is 1.51. The average molecular weight is 365 g/mol. The second-order valence-corrected chi connectivity index (χ2v) is 6.18. The van der Waals surface area contributed by atoms with Crippen LogP contribution < -0.4 is 4.90 Å². The highest BCUT2D eigenvalue weighted by atomic mass is 16.3. The van der Waals surface area contributed by atoms with E-state index in [1.807, 2.05) is 42.5 Å². The Morgan fingerprint density at radius 3 is 2.04 bits per heavy atom. The zero-order valence-corrected chi connectivity index (χ0v) is 15.3. The van der Waals surface area contributed by atoms with Crippen LogP contribution in [-0.4, -0.2) is 35.7 Å². The summed E-state index contributed by atoms with van der Waals surface area (Å²) in [6.07, 6.45) is 2.95. The van der Waals surface area contributed by atoms with Gasteiger partial charge in [-0.25, -0.2) is 0 Å². The van der Waals surface area contributed by atoms with E-state index in [0.717, 1.165) is 16.8 Å². The fraction of sp³-hybridized carbons (Fsp3) is 0.227. The van der Waals surface area contributed by atoms with E-state index in [0.29, 0.717) is 0 Å². The third kappa shape index (κ3) is 6.64. The van der Waals surface area contributed by atoms with E-state index in [1.165, 1.54) is 19.1 Å². The maximum absolute atomic E-state index is 12.6. The van der Waals surface area contributed by atoms with Crippen molar-refractivity contribution in [1.29, 1.82) is 0 Å². The Hall–Kier alpha value is -3.05. The number of amides is 1. The molecule has 5 nitrogen and oxygen atoms in total. The van der Waals surface area contributed by atoms with E-state index in [4.69, 9.17) is 0 Å². The maximum Gasteiger partial charge on any atom is 0.231 e. The van der Waals surface area contributed by atoms with Crippen molar-refractivity contribution in [3.63, 3.8) is 0 Å². The predicted molar refractivity (Wildman–Crippen MR) is 105 cm³/mol. The molecule has 0 aliphatic carbocycles. The zero-order chi connectivity index (χ0) is 19.6. The molecule has 2 rings (SSSR count). The number of carbonyl (C=O) groups excluding carboxylic acids is 3. The Kier molecular flexibility index (Phi) is 7.64. The van der Waals surface area contributed by atoms with E-state index in [9.17, 15) is 19.5 Å². The lowest BCUT2D eigenvalue weighted by Crippen LogP contribution is -2.34. The van der Waals surface area contributed by atoms with Crippen molar-refractivity contribution in [3.05, 3.63) is 77.9 Å². The number of hydrogen-bond donors (Lipinski definition) is 1. The highest BCUT2D eigenvalue weighted by molar-refractivity contribution is 5.98. The van der Waals surface area contributed by atoms with Gasteiger partial charge in [-0.1, -0.05) is 42.5 Å². The van der Waals surface area contributed by atoms with Gasteiger partial charge in [-0.2, -0.15) is 0 Å². The molecule has 0 aliphatic rings. The molecule has 0 fully saturated rings. The first kappa shape index (κ1) is 20.3. The lowest BCUT2D eigenvalue weighted by molar-refractivity contribution is -0.118. The lowest BCUT2D eigenvalue weighted by atomic mass is 10.0. The first-order valence-electron chi connectivity index (χ1n) is 8.75. The van der Waals surface area contributed by atoms with Crippen LogP contribution in [0, 0.1) is 0 Å². The van der Waals surface area contributed by atoms with Crippen molar-refractivity contribution in [2.75, 3.05) is 18.1 Å². The summed E-state index contributed by atoms with van der Waals surface area (Å²) in [5, 5.41) is 9.26. The van der Waals surface area contributed by atoms with Gasteiger partial charge in [0, 0.05) is 18.7 Å². The van der Waals surface area contributed by atoms with E-state index < -0.39 is 0 Å². The number of benzene rings is 2. The molecule has 0 aliphatic heterocycles. The molecular weight excluding hydrogens is 342 g/mol. The Morgan fingerprint density at radius 1 is 0.889 bits per heavy atom. The fourth-order valence-corrected chi connectivity index (χ4v) is 2.62. The third-order valence-electron chi connectivity index (χ3n) is 3.95. The largest absolute Gasteiger partial charge is 0.395 e. The molecule has 1 N–H and O–H groups in total. The molecule has 140 valence electrons. The van der Waals surface area contributed by atoms with Gasteiger partial charge in [0.25, 0.3) is 0 Å². The van der Waals surface area contributed by atoms with Crippen LogP contribution in [0.2, 0.25) is 0 Å².